The van der Waals surface area contributed by atoms with Gasteiger partial charge in [-0.25, -0.2) is 12.7 Å². The second-order valence-electron chi connectivity index (χ2n) is 5.21. The predicted octanol–water partition coefficient (Wildman–Crippen LogP) is 0.245. The molecule has 1 atom stereocenters. The number of sulfonamides is 1. The second-order valence-corrected chi connectivity index (χ2v) is 7.51. The van der Waals surface area contributed by atoms with Crippen molar-refractivity contribution in [2.24, 2.45) is 5.92 Å². The Labute approximate surface area is 125 Å². The summed E-state index contributed by atoms with van der Waals surface area (Å²) in [4.78, 5) is 12.1. The van der Waals surface area contributed by atoms with Gasteiger partial charge in [0, 0.05) is 20.6 Å². The van der Waals surface area contributed by atoms with Crippen LogP contribution in [0.4, 0.5) is 0 Å². The topological polar surface area (TPSA) is 75.7 Å². The van der Waals surface area contributed by atoms with Crippen LogP contribution in [0.25, 0.3) is 0 Å². The summed E-state index contributed by atoms with van der Waals surface area (Å²) in [5.41, 5.74) is 1.00. The third-order valence-electron chi connectivity index (χ3n) is 3.47. The lowest BCUT2D eigenvalue weighted by Gasteiger charge is -2.24. The van der Waals surface area contributed by atoms with Gasteiger partial charge in [-0.15, -0.1) is 0 Å². The molecule has 0 saturated carbocycles. The molecule has 0 bridgehead atoms. The fraction of sp³-hybridized carbons (Fsp3) is 0.500. The standard InChI is InChI=1S/C14H20N2O4S/c1-16(2)21(18,19)8-7-15-14(17)12-9-11-5-3-4-6-13(11)20-10-12/h3-6,12H,7-10H2,1-2H3,(H,15,17). The largest absolute Gasteiger partial charge is 0.492 e. The summed E-state index contributed by atoms with van der Waals surface area (Å²) in [6.07, 6.45) is 0.614. The molecule has 1 unspecified atom stereocenters. The number of rotatable bonds is 5. The van der Waals surface area contributed by atoms with Gasteiger partial charge in [0.05, 0.1) is 11.7 Å². The summed E-state index contributed by atoms with van der Waals surface area (Å²) in [5.74, 6) is 0.271. The summed E-state index contributed by atoms with van der Waals surface area (Å²) < 4.78 is 29.9. The van der Waals surface area contributed by atoms with Crippen LogP contribution >= 0.6 is 0 Å². The molecule has 1 aliphatic heterocycles. The second kappa shape index (κ2) is 6.44. The van der Waals surface area contributed by atoms with E-state index in [0.29, 0.717) is 13.0 Å². The lowest BCUT2D eigenvalue weighted by atomic mass is 9.96. The number of amides is 1. The molecule has 21 heavy (non-hydrogen) atoms. The van der Waals surface area contributed by atoms with Crippen molar-refractivity contribution in [3.8, 4) is 5.75 Å². The Hall–Kier alpha value is -1.60. The number of nitrogens with zero attached hydrogens (tertiary/aromatic N) is 1. The number of fused-ring (bicyclic) bond motifs is 1. The van der Waals surface area contributed by atoms with Crippen molar-refractivity contribution in [1.29, 1.82) is 0 Å². The summed E-state index contributed by atoms with van der Waals surface area (Å²) in [5, 5.41) is 2.67. The number of para-hydroxylation sites is 1. The van der Waals surface area contributed by atoms with E-state index in [9.17, 15) is 13.2 Å². The van der Waals surface area contributed by atoms with Crippen molar-refractivity contribution in [3.05, 3.63) is 29.8 Å². The van der Waals surface area contributed by atoms with Crippen molar-refractivity contribution in [1.82, 2.24) is 9.62 Å². The Morgan fingerprint density at radius 1 is 1.38 bits per heavy atom. The van der Waals surface area contributed by atoms with Crippen LogP contribution in [0.15, 0.2) is 24.3 Å². The Morgan fingerprint density at radius 3 is 2.81 bits per heavy atom. The smallest absolute Gasteiger partial charge is 0.226 e. The van der Waals surface area contributed by atoms with Crippen LogP contribution in [0.3, 0.4) is 0 Å². The first-order valence-corrected chi connectivity index (χ1v) is 8.39. The van der Waals surface area contributed by atoms with Crippen LogP contribution < -0.4 is 10.1 Å². The minimum Gasteiger partial charge on any atom is -0.492 e. The SMILES string of the molecule is CN(C)S(=O)(=O)CCNC(=O)C1COc2ccccc2C1. The Bertz CT molecular complexity index is 613. The lowest BCUT2D eigenvalue weighted by molar-refractivity contribution is -0.126. The third-order valence-corrected chi connectivity index (χ3v) is 5.30. The molecule has 0 aliphatic carbocycles. The molecule has 7 heteroatoms. The van der Waals surface area contributed by atoms with Gasteiger partial charge in [-0.05, 0) is 18.1 Å². The van der Waals surface area contributed by atoms with E-state index in [0.717, 1.165) is 15.6 Å². The van der Waals surface area contributed by atoms with Crippen LogP contribution in [-0.4, -0.2) is 51.6 Å². The summed E-state index contributed by atoms with van der Waals surface area (Å²) in [6.45, 7) is 0.431. The van der Waals surface area contributed by atoms with Gasteiger partial charge in [0.1, 0.15) is 12.4 Å². The van der Waals surface area contributed by atoms with E-state index < -0.39 is 10.0 Å². The number of hydrogen-bond acceptors (Lipinski definition) is 4. The van der Waals surface area contributed by atoms with Crippen molar-refractivity contribution in [2.75, 3.05) is 33.0 Å². The van der Waals surface area contributed by atoms with Gasteiger partial charge >= 0.3 is 0 Å². The summed E-state index contributed by atoms with van der Waals surface area (Å²) >= 11 is 0. The van der Waals surface area contributed by atoms with Crippen molar-refractivity contribution in [3.63, 3.8) is 0 Å². The molecule has 0 radical (unpaired) electrons. The van der Waals surface area contributed by atoms with E-state index in [1.807, 2.05) is 24.3 Å². The molecule has 1 N–H and O–H groups in total. The van der Waals surface area contributed by atoms with Gasteiger partial charge < -0.3 is 10.1 Å². The maximum atomic E-state index is 12.1. The van der Waals surface area contributed by atoms with Crippen LogP contribution in [0, 0.1) is 5.92 Å². The predicted molar refractivity (Wildman–Crippen MR) is 79.6 cm³/mol. The van der Waals surface area contributed by atoms with Crippen molar-refractivity contribution >= 4 is 15.9 Å². The van der Waals surface area contributed by atoms with E-state index in [4.69, 9.17) is 4.74 Å². The molecular weight excluding hydrogens is 292 g/mol. The molecule has 1 aromatic rings. The Kier molecular flexibility index (Phi) is 4.84. The fourth-order valence-electron chi connectivity index (χ4n) is 2.13. The molecule has 1 aromatic carbocycles. The zero-order valence-electron chi connectivity index (χ0n) is 12.2. The van der Waals surface area contributed by atoms with Gasteiger partial charge in [-0.2, -0.15) is 0 Å². The van der Waals surface area contributed by atoms with Crippen LogP contribution in [0.5, 0.6) is 5.75 Å². The molecule has 1 aliphatic rings. The van der Waals surface area contributed by atoms with E-state index in [1.165, 1.54) is 14.1 Å². The van der Waals surface area contributed by atoms with E-state index in [-0.39, 0.29) is 24.1 Å². The van der Waals surface area contributed by atoms with Crippen LogP contribution in [0.2, 0.25) is 0 Å². The molecular formula is C14H20N2O4S. The summed E-state index contributed by atoms with van der Waals surface area (Å²) in [7, 11) is -0.335. The van der Waals surface area contributed by atoms with Crippen molar-refractivity contribution in [2.45, 2.75) is 6.42 Å². The third kappa shape index (κ3) is 3.95. The number of benzene rings is 1. The summed E-state index contributed by atoms with van der Waals surface area (Å²) in [6, 6.07) is 7.62. The molecule has 1 amide bonds. The zero-order chi connectivity index (χ0) is 15.5. The Balaban J connectivity index is 1.86. The molecule has 0 aromatic heterocycles. The number of carbonyl (C=O) groups excluding carboxylic acids is 1. The molecule has 1 heterocycles. The average Bonchev–Trinajstić information content (AvgIpc) is 2.46. The van der Waals surface area contributed by atoms with Gasteiger partial charge in [-0.1, -0.05) is 18.2 Å². The first kappa shape index (κ1) is 15.8. The molecule has 2 rings (SSSR count). The first-order chi connectivity index (χ1) is 9.90. The monoisotopic (exact) mass is 312 g/mol. The highest BCUT2D eigenvalue weighted by Gasteiger charge is 2.25. The first-order valence-electron chi connectivity index (χ1n) is 6.79. The van der Waals surface area contributed by atoms with Gasteiger partial charge in [0.25, 0.3) is 0 Å². The molecule has 0 saturated heterocycles. The quantitative estimate of drug-likeness (QED) is 0.845. The number of nitrogens with one attached hydrogen (secondary N) is 1. The highest BCUT2D eigenvalue weighted by Crippen LogP contribution is 2.26. The molecule has 0 spiro atoms. The zero-order valence-corrected chi connectivity index (χ0v) is 13.0. The minimum absolute atomic E-state index is 0.101. The number of ether oxygens (including phenoxy) is 1. The maximum Gasteiger partial charge on any atom is 0.226 e. The van der Waals surface area contributed by atoms with E-state index >= 15 is 0 Å². The van der Waals surface area contributed by atoms with E-state index in [1.54, 1.807) is 0 Å². The maximum absolute atomic E-state index is 12.1. The molecule has 0 fully saturated rings. The van der Waals surface area contributed by atoms with Gasteiger partial charge in [0.15, 0.2) is 0 Å². The van der Waals surface area contributed by atoms with Gasteiger partial charge in [0.2, 0.25) is 15.9 Å². The Morgan fingerprint density at radius 2 is 2.10 bits per heavy atom. The van der Waals surface area contributed by atoms with Crippen LogP contribution in [-0.2, 0) is 21.2 Å². The van der Waals surface area contributed by atoms with Crippen LogP contribution in [0.1, 0.15) is 5.56 Å². The molecule has 116 valence electrons. The normalized spacial score (nSPS) is 18.0. The molecule has 6 nitrogen and oxygen atoms in total. The van der Waals surface area contributed by atoms with E-state index in [2.05, 4.69) is 5.32 Å². The highest BCUT2D eigenvalue weighted by molar-refractivity contribution is 7.89. The average molecular weight is 312 g/mol. The lowest BCUT2D eigenvalue weighted by Crippen LogP contribution is -2.40. The van der Waals surface area contributed by atoms with Gasteiger partial charge in [-0.3, -0.25) is 4.79 Å². The number of carbonyl (C=O) groups is 1. The van der Waals surface area contributed by atoms with Crippen molar-refractivity contribution < 1.29 is 17.9 Å². The highest BCUT2D eigenvalue weighted by atomic mass is 32.2. The minimum atomic E-state index is -3.29. The fourth-order valence-corrected chi connectivity index (χ4v) is 2.85. The number of hydrogen-bond donors (Lipinski definition) is 1.